The van der Waals surface area contributed by atoms with Crippen molar-refractivity contribution in [2.45, 2.75) is 37.5 Å². The Morgan fingerprint density at radius 2 is 2.12 bits per heavy atom. The van der Waals surface area contributed by atoms with Gasteiger partial charge in [0.05, 0.1) is 5.56 Å². The van der Waals surface area contributed by atoms with Gasteiger partial charge in [-0.2, -0.15) is 0 Å². The summed E-state index contributed by atoms with van der Waals surface area (Å²) in [6.07, 6.45) is 4.65. The molecule has 0 heterocycles. The third-order valence-corrected chi connectivity index (χ3v) is 3.38. The molecule has 4 heteroatoms. The summed E-state index contributed by atoms with van der Waals surface area (Å²) in [6, 6.07) is 5.47. The summed E-state index contributed by atoms with van der Waals surface area (Å²) in [7, 11) is 0. The van der Waals surface area contributed by atoms with Crippen LogP contribution < -0.4 is 5.32 Å². The van der Waals surface area contributed by atoms with Gasteiger partial charge in [-0.05, 0) is 24.6 Å². The molecule has 0 aromatic heterocycles. The maximum absolute atomic E-state index is 11.8. The van der Waals surface area contributed by atoms with Gasteiger partial charge in [-0.25, -0.2) is 0 Å². The van der Waals surface area contributed by atoms with Crippen LogP contribution in [0.25, 0.3) is 0 Å². The highest BCUT2D eigenvalue weighted by atomic mass is 79.9. The maximum atomic E-state index is 11.8. The lowest BCUT2D eigenvalue weighted by Gasteiger charge is -2.07. The third-order valence-electron chi connectivity index (χ3n) is 2.52. The number of nitrogens with one attached hydrogen (secondary N) is 1. The van der Waals surface area contributed by atoms with Crippen LogP contribution in [0.4, 0.5) is 0 Å². The average molecular weight is 316 g/mol. The molecule has 2 nitrogen and oxygen atoms in total. The van der Waals surface area contributed by atoms with Crippen LogP contribution in [-0.4, -0.2) is 12.5 Å². The monoisotopic (exact) mass is 315 g/mol. The van der Waals surface area contributed by atoms with Crippen molar-refractivity contribution in [3.05, 3.63) is 28.2 Å². The fraction of sp³-hybridized carbons (Fsp3) is 0.462. The van der Waals surface area contributed by atoms with Crippen molar-refractivity contribution in [1.82, 2.24) is 5.32 Å². The topological polar surface area (TPSA) is 29.1 Å². The summed E-state index contributed by atoms with van der Waals surface area (Å²) in [4.78, 5) is 12.5. The van der Waals surface area contributed by atoms with E-state index in [-0.39, 0.29) is 5.91 Å². The van der Waals surface area contributed by atoms with Crippen LogP contribution in [0.1, 0.15) is 43.0 Å². The number of rotatable bonds is 6. The molecular weight excluding hydrogens is 298 g/mol. The molecular formula is C13H18BrNOS. The molecule has 0 saturated carbocycles. The zero-order valence-corrected chi connectivity index (χ0v) is 12.5. The SMILES string of the molecule is CCCCCCNC(=O)c1ccc(Br)cc1S. The minimum absolute atomic E-state index is 0.0426. The molecule has 94 valence electrons. The Labute approximate surface area is 117 Å². The number of thiol groups is 1. The van der Waals surface area contributed by atoms with Crippen LogP contribution in [0, 0.1) is 0 Å². The third kappa shape index (κ3) is 5.13. The largest absolute Gasteiger partial charge is 0.352 e. The Kier molecular flexibility index (Phi) is 6.66. The number of benzene rings is 1. The number of halogens is 1. The van der Waals surface area contributed by atoms with Gasteiger partial charge >= 0.3 is 0 Å². The number of carbonyl (C=O) groups is 1. The second kappa shape index (κ2) is 7.77. The van der Waals surface area contributed by atoms with Crippen molar-refractivity contribution in [2.24, 2.45) is 0 Å². The Morgan fingerprint density at radius 3 is 2.76 bits per heavy atom. The molecule has 1 amide bonds. The first kappa shape index (κ1) is 14.6. The molecule has 0 bridgehead atoms. The second-order valence-corrected chi connectivity index (χ2v) is 5.38. The van der Waals surface area contributed by atoms with E-state index in [9.17, 15) is 4.79 Å². The highest BCUT2D eigenvalue weighted by molar-refractivity contribution is 9.10. The molecule has 0 spiro atoms. The molecule has 17 heavy (non-hydrogen) atoms. The predicted octanol–water partition coefficient (Wildman–Crippen LogP) is 4.05. The average Bonchev–Trinajstić information content (AvgIpc) is 2.28. The van der Waals surface area contributed by atoms with Gasteiger partial charge in [-0.15, -0.1) is 12.6 Å². The summed E-state index contributed by atoms with van der Waals surface area (Å²) in [5.41, 5.74) is 0.632. The fourth-order valence-electron chi connectivity index (χ4n) is 1.55. The molecule has 0 fully saturated rings. The van der Waals surface area contributed by atoms with Crippen LogP contribution in [-0.2, 0) is 0 Å². The van der Waals surface area contributed by atoms with E-state index in [2.05, 4.69) is 40.8 Å². The van der Waals surface area contributed by atoms with Crippen LogP contribution in [0.15, 0.2) is 27.6 Å². The first-order valence-electron chi connectivity index (χ1n) is 5.92. The molecule has 0 radical (unpaired) electrons. The van der Waals surface area contributed by atoms with E-state index in [1.807, 2.05) is 12.1 Å². The fourth-order valence-corrected chi connectivity index (χ4v) is 2.40. The number of amides is 1. The van der Waals surface area contributed by atoms with Gasteiger partial charge in [0.25, 0.3) is 5.91 Å². The zero-order chi connectivity index (χ0) is 12.7. The highest BCUT2D eigenvalue weighted by Gasteiger charge is 2.08. The number of hydrogen-bond donors (Lipinski definition) is 2. The zero-order valence-electron chi connectivity index (χ0n) is 10.0. The number of hydrogen-bond acceptors (Lipinski definition) is 2. The minimum Gasteiger partial charge on any atom is -0.352 e. The van der Waals surface area contributed by atoms with Crippen LogP contribution in [0.2, 0.25) is 0 Å². The first-order valence-corrected chi connectivity index (χ1v) is 7.16. The molecule has 1 aromatic carbocycles. The summed E-state index contributed by atoms with van der Waals surface area (Å²) in [6.45, 7) is 2.91. The number of carbonyl (C=O) groups excluding carboxylic acids is 1. The van der Waals surface area contributed by atoms with Crippen molar-refractivity contribution in [3.8, 4) is 0 Å². The van der Waals surface area contributed by atoms with Crippen LogP contribution in [0.5, 0.6) is 0 Å². The molecule has 0 aliphatic rings. The van der Waals surface area contributed by atoms with Gasteiger partial charge in [-0.3, -0.25) is 4.79 Å². The lowest BCUT2D eigenvalue weighted by atomic mass is 10.2. The normalized spacial score (nSPS) is 10.3. The lowest BCUT2D eigenvalue weighted by molar-refractivity contribution is 0.0950. The highest BCUT2D eigenvalue weighted by Crippen LogP contribution is 2.19. The standard InChI is InChI=1S/C13H18BrNOS/c1-2-3-4-5-8-15-13(16)11-7-6-10(14)9-12(11)17/h6-7,9,17H,2-5,8H2,1H3,(H,15,16). The summed E-state index contributed by atoms with van der Waals surface area (Å²) < 4.78 is 0.932. The summed E-state index contributed by atoms with van der Waals surface area (Å²) in [5, 5.41) is 2.92. The molecule has 1 N–H and O–H groups in total. The van der Waals surface area contributed by atoms with Gasteiger partial charge in [-0.1, -0.05) is 42.1 Å². The van der Waals surface area contributed by atoms with E-state index in [1.165, 1.54) is 19.3 Å². The summed E-state index contributed by atoms with van der Waals surface area (Å²) >= 11 is 7.64. The van der Waals surface area contributed by atoms with E-state index in [1.54, 1.807) is 6.07 Å². The maximum Gasteiger partial charge on any atom is 0.252 e. The van der Waals surface area contributed by atoms with Gasteiger partial charge in [0, 0.05) is 15.9 Å². The van der Waals surface area contributed by atoms with Crippen LogP contribution >= 0.6 is 28.6 Å². The molecule has 1 rings (SSSR count). The van der Waals surface area contributed by atoms with E-state index < -0.39 is 0 Å². The van der Waals surface area contributed by atoms with E-state index in [4.69, 9.17) is 0 Å². The van der Waals surface area contributed by atoms with E-state index in [0.29, 0.717) is 10.5 Å². The predicted molar refractivity (Wildman–Crippen MR) is 77.9 cm³/mol. The van der Waals surface area contributed by atoms with Crippen molar-refractivity contribution in [2.75, 3.05) is 6.54 Å². The first-order chi connectivity index (χ1) is 8.15. The molecule has 0 aliphatic carbocycles. The summed E-state index contributed by atoms with van der Waals surface area (Å²) in [5.74, 6) is -0.0426. The van der Waals surface area contributed by atoms with Gasteiger partial charge in [0.15, 0.2) is 0 Å². The van der Waals surface area contributed by atoms with E-state index in [0.717, 1.165) is 17.4 Å². The molecule has 0 aliphatic heterocycles. The van der Waals surface area contributed by atoms with E-state index >= 15 is 0 Å². The van der Waals surface area contributed by atoms with Crippen molar-refractivity contribution < 1.29 is 4.79 Å². The molecule has 0 unspecified atom stereocenters. The van der Waals surface area contributed by atoms with Gasteiger partial charge in [0.2, 0.25) is 0 Å². The van der Waals surface area contributed by atoms with Gasteiger partial charge in [0.1, 0.15) is 0 Å². The second-order valence-electron chi connectivity index (χ2n) is 3.98. The smallest absolute Gasteiger partial charge is 0.252 e. The Hall–Kier alpha value is -0.480. The molecule has 0 atom stereocenters. The Bertz CT molecular complexity index is 382. The quantitative estimate of drug-likeness (QED) is 0.602. The van der Waals surface area contributed by atoms with Crippen molar-refractivity contribution >= 4 is 34.5 Å². The Morgan fingerprint density at radius 1 is 1.35 bits per heavy atom. The van der Waals surface area contributed by atoms with Gasteiger partial charge < -0.3 is 5.32 Å². The lowest BCUT2D eigenvalue weighted by Crippen LogP contribution is -2.24. The number of unbranched alkanes of at least 4 members (excludes halogenated alkanes) is 3. The Balaban J connectivity index is 2.42. The molecule has 0 saturated heterocycles. The van der Waals surface area contributed by atoms with Crippen molar-refractivity contribution in [1.29, 1.82) is 0 Å². The minimum atomic E-state index is -0.0426. The van der Waals surface area contributed by atoms with Crippen molar-refractivity contribution in [3.63, 3.8) is 0 Å². The molecule has 1 aromatic rings. The van der Waals surface area contributed by atoms with Crippen LogP contribution in [0.3, 0.4) is 0 Å².